The van der Waals surface area contributed by atoms with E-state index in [1.54, 1.807) is 17.3 Å². The maximum atomic E-state index is 11.9. The molecule has 1 fully saturated rings. The Morgan fingerprint density at radius 1 is 1.36 bits per heavy atom. The van der Waals surface area contributed by atoms with E-state index >= 15 is 0 Å². The highest BCUT2D eigenvalue weighted by Gasteiger charge is 2.25. The lowest BCUT2D eigenvalue weighted by atomic mass is 10.1. The van der Waals surface area contributed by atoms with E-state index in [0.717, 1.165) is 35.7 Å². The van der Waals surface area contributed by atoms with E-state index in [4.69, 9.17) is 14.1 Å². The Bertz CT molecular complexity index is 958. The Morgan fingerprint density at radius 2 is 2.18 bits per heavy atom. The first kappa shape index (κ1) is 18.3. The van der Waals surface area contributed by atoms with Gasteiger partial charge in [-0.1, -0.05) is 0 Å². The molecule has 3 aromatic heterocycles. The number of carbonyl (C=O) groups is 1. The van der Waals surface area contributed by atoms with Crippen molar-refractivity contribution < 1.29 is 13.9 Å². The summed E-state index contributed by atoms with van der Waals surface area (Å²) in [4.78, 5) is 27.0. The van der Waals surface area contributed by atoms with Crippen LogP contribution in [-0.2, 0) is 11.3 Å². The zero-order valence-corrected chi connectivity index (χ0v) is 16.1. The zero-order valence-electron chi connectivity index (χ0n) is 16.1. The van der Waals surface area contributed by atoms with Crippen LogP contribution >= 0.6 is 0 Å². The molecule has 0 atom stereocenters. The molecule has 1 N–H and O–H groups in total. The highest BCUT2D eigenvalue weighted by Crippen LogP contribution is 2.23. The predicted molar refractivity (Wildman–Crippen MR) is 103 cm³/mol. The van der Waals surface area contributed by atoms with E-state index < -0.39 is 0 Å². The van der Waals surface area contributed by atoms with Crippen molar-refractivity contribution >= 4 is 23.2 Å². The van der Waals surface area contributed by atoms with Crippen molar-refractivity contribution in [2.75, 3.05) is 25.0 Å². The number of fused-ring (bicyclic) bond motifs is 1. The third kappa shape index (κ3) is 3.78. The number of aryl methyl sites for hydroxylation is 1. The van der Waals surface area contributed by atoms with Crippen molar-refractivity contribution in [3.05, 3.63) is 36.2 Å². The molecule has 0 saturated carbocycles. The SMILES string of the molecule is CCOC(=O)N1CCC(Nc2nc3cccnc3n2Cc2cnc(C)o2)CC1. The van der Waals surface area contributed by atoms with Gasteiger partial charge in [0.25, 0.3) is 0 Å². The number of hydrogen-bond acceptors (Lipinski definition) is 7. The summed E-state index contributed by atoms with van der Waals surface area (Å²) in [6.45, 7) is 5.87. The minimum absolute atomic E-state index is 0.220. The third-order valence-electron chi connectivity index (χ3n) is 4.84. The molecule has 0 bridgehead atoms. The van der Waals surface area contributed by atoms with Crippen LogP contribution < -0.4 is 5.32 Å². The van der Waals surface area contributed by atoms with Gasteiger partial charge in [0, 0.05) is 32.3 Å². The van der Waals surface area contributed by atoms with Crippen molar-refractivity contribution in [3.8, 4) is 0 Å². The van der Waals surface area contributed by atoms with E-state index in [1.807, 2.05) is 30.5 Å². The average Bonchev–Trinajstić information content (AvgIpc) is 3.26. The summed E-state index contributed by atoms with van der Waals surface area (Å²) < 4.78 is 12.7. The van der Waals surface area contributed by atoms with Crippen LogP contribution in [0.1, 0.15) is 31.4 Å². The second-order valence-electron chi connectivity index (χ2n) is 6.82. The number of oxazole rings is 1. The molecule has 3 aromatic rings. The van der Waals surface area contributed by atoms with E-state index in [2.05, 4.69) is 15.3 Å². The Morgan fingerprint density at radius 3 is 2.89 bits per heavy atom. The molecule has 1 aliphatic rings. The maximum absolute atomic E-state index is 11.9. The van der Waals surface area contributed by atoms with Gasteiger partial charge in [-0.05, 0) is 31.9 Å². The first-order chi connectivity index (χ1) is 13.6. The number of imidazole rings is 1. The molecule has 0 aromatic carbocycles. The van der Waals surface area contributed by atoms with E-state index in [9.17, 15) is 4.79 Å². The fourth-order valence-corrected chi connectivity index (χ4v) is 3.46. The molecule has 1 aliphatic heterocycles. The average molecular weight is 384 g/mol. The number of ether oxygens (including phenoxy) is 1. The van der Waals surface area contributed by atoms with Gasteiger partial charge in [0.1, 0.15) is 11.3 Å². The van der Waals surface area contributed by atoms with Crippen molar-refractivity contribution in [2.45, 2.75) is 39.3 Å². The summed E-state index contributed by atoms with van der Waals surface area (Å²) in [5.41, 5.74) is 1.62. The van der Waals surface area contributed by atoms with Gasteiger partial charge in [0.15, 0.2) is 11.5 Å². The fraction of sp³-hybridized carbons (Fsp3) is 0.474. The van der Waals surface area contributed by atoms with Crippen LogP contribution in [0.2, 0.25) is 0 Å². The molecule has 0 spiro atoms. The van der Waals surface area contributed by atoms with Gasteiger partial charge in [-0.2, -0.15) is 0 Å². The molecule has 0 unspecified atom stereocenters. The normalized spacial score (nSPS) is 15.1. The molecule has 0 radical (unpaired) electrons. The molecular weight excluding hydrogens is 360 g/mol. The van der Waals surface area contributed by atoms with Crippen molar-refractivity contribution in [1.82, 2.24) is 24.4 Å². The summed E-state index contributed by atoms with van der Waals surface area (Å²) in [5.74, 6) is 2.13. The molecular formula is C19H24N6O3. The number of nitrogens with one attached hydrogen (secondary N) is 1. The lowest BCUT2D eigenvalue weighted by Gasteiger charge is -2.31. The number of carbonyl (C=O) groups excluding carboxylic acids is 1. The minimum Gasteiger partial charge on any atom is -0.450 e. The number of aromatic nitrogens is 4. The molecule has 9 nitrogen and oxygen atoms in total. The quantitative estimate of drug-likeness (QED) is 0.722. The predicted octanol–water partition coefficient (Wildman–Crippen LogP) is 2.81. The summed E-state index contributed by atoms with van der Waals surface area (Å²) in [7, 11) is 0. The number of pyridine rings is 1. The smallest absolute Gasteiger partial charge is 0.409 e. The Balaban J connectivity index is 1.51. The van der Waals surface area contributed by atoms with Crippen molar-refractivity contribution in [2.24, 2.45) is 0 Å². The van der Waals surface area contributed by atoms with Crippen LogP contribution in [0.5, 0.6) is 0 Å². The highest BCUT2D eigenvalue weighted by molar-refractivity contribution is 5.74. The van der Waals surface area contributed by atoms with Crippen LogP contribution in [-0.4, -0.2) is 56.3 Å². The molecule has 1 saturated heterocycles. The number of hydrogen-bond donors (Lipinski definition) is 1. The lowest BCUT2D eigenvalue weighted by Crippen LogP contribution is -2.42. The summed E-state index contributed by atoms with van der Waals surface area (Å²) in [5, 5.41) is 3.53. The molecule has 9 heteroatoms. The number of piperidine rings is 1. The molecule has 28 heavy (non-hydrogen) atoms. The number of rotatable bonds is 5. The van der Waals surface area contributed by atoms with Crippen LogP contribution in [0.3, 0.4) is 0 Å². The summed E-state index contributed by atoms with van der Waals surface area (Å²) in [6.07, 6.45) is 4.91. The molecule has 1 amide bonds. The fourth-order valence-electron chi connectivity index (χ4n) is 3.46. The number of nitrogens with zero attached hydrogens (tertiary/aromatic N) is 5. The number of anilines is 1. The first-order valence-corrected chi connectivity index (χ1v) is 9.55. The van der Waals surface area contributed by atoms with Crippen molar-refractivity contribution in [3.63, 3.8) is 0 Å². The van der Waals surface area contributed by atoms with Gasteiger partial charge in [-0.15, -0.1) is 0 Å². The van der Waals surface area contributed by atoms with Gasteiger partial charge in [0.2, 0.25) is 5.95 Å². The van der Waals surface area contributed by atoms with Crippen LogP contribution in [0.25, 0.3) is 11.2 Å². The lowest BCUT2D eigenvalue weighted by molar-refractivity contribution is 0.0983. The molecule has 4 rings (SSSR count). The van der Waals surface area contributed by atoms with Crippen LogP contribution in [0.15, 0.2) is 28.9 Å². The zero-order chi connectivity index (χ0) is 19.5. The number of likely N-dealkylation sites (tertiary alicyclic amines) is 1. The Labute approximate surface area is 162 Å². The van der Waals surface area contributed by atoms with Gasteiger partial charge in [0.05, 0.1) is 19.3 Å². The van der Waals surface area contributed by atoms with Crippen LogP contribution in [0.4, 0.5) is 10.7 Å². The molecule has 148 valence electrons. The molecule has 4 heterocycles. The summed E-state index contributed by atoms with van der Waals surface area (Å²) >= 11 is 0. The topological polar surface area (TPSA) is 98.3 Å². The van der Waals surface area contributed by atoms with E-state index in [1.165, 1.54) is 0 Å². The first-order valence-electron chi connectivity index (χ1n) is 9.55. The van der Waals surface area contributed by atoms with Gasteiger partial charge >= 0.3 is 6.09 Å². The van der Waals surface area contributed by atoms with Crippen molar-refractivity contribution in [1.29, 1.82) is 0 Å². The monoisotopic (exact) mass is 384 g/mol. The number of amides is 1. The van der Waals surface area contributed by atoms with E-state index in [0.29, 0.717) is 32.1 Å². The van der Waals surface area contributed by atoms with E-state index in [-0.39, 0.29) is 12.1 Å². The highest BCUT2D eigenvalue weighted by atomic mass is 16.6. The minimum atomic E-state index is -0.238. The van der Waals surface area contributed by atoms with Gasteiger partial charge < -0.3 is 19.4 Å². The van der Waals surface area contributed by atoms with Gasteiger partial charge in [-0.3, -0.25) is 4.57 Å². The third-order valence-corrected chi connectivity index (χ3v) is 4.84. The molecule has 0 aliphatic carbocycles. The second-order valence-corrected chi connectivity index (χ2v) is 6.82. The Kier molecular flexibility index (Phi) is 5.14. The van der Waals surface area contributed by atoms with Crippen LogP contribution in [0, 0.1) is 6.92 Å². The summed E-state index contributed by atoms with van der Waals surface area (Å²) in [6, 6.07) is 4.04. The standard InChI is InChI=1S/C19H24N6O3/c1-3-27-19(26)24-9-6-14(7-10-24)22-18-23-16-5-4-8-20-17(16)25(18)12-15-11-21-13(2)28-15/h4-5,8,11,14H,3,6-7,9-10,12H2,1-2H3,(H,22,23). The second kappa shape index (κ2) is 7.87. The van der Waals surface area contributed by atoms with Gasteiger partial charge in [-0.25, -0.2) is 19.7 Å². The maximum Gasteiger partial charge on any atom is 0.409 e. The Hall–Kier alpha value is -3.10. The largest absolute Gasteiger partial charge is 0.450 e.